The Morgan fingerprint density at radius 2 is 2.29 bits per heavy atom. The van der Waals surface area contributed by atoms with Crippen molar-refractivity contribution in [3.8, 4) is 5.75 Å². The van der Waals surface area contributed by atoms with Crippen LogP contribution in [0.3, 0.4) is 0 Å². The van der Waals surface area contributed by atoms with Gasteiger partial charge in [0.15, 0.2) is 0 Å². The topological polar surface area (TPSA) is 45.1 Å². The van der Waals surface area contributed by atoms with Crippen LogP contribution >= 0.6 is 27.3 Å². The Morgan fingerprint density at radius 3 is 3.00 bits per heavy atom. The molecule has 0 fully saturated rings. The first-order chi connectivity index (χ1) is 8.25. The lowest BCUT2D eigenvalue weighted by Crippen LogP contribution is -2.16. The van der Waals surface area contributed by atoms with Crippen LogP contribution in [0.15, 0.2) is 34.2 Å². The highest BCUT2D eigenvalue weighted by molar-refractivity contribution is 9.10. The second-order valence-electron chi connectivity index (χ2n) is 3.64. The molecule has 0 unspecified atom stereocenters. The third-order valence-corrected chi connectivity index (χ3v) is 3.81. The zero-order valence-electron chi connectivity index (χ0n) is 9.19. The van der Waals surface area contributed by atoms with E-state index in [2.05, 4.69) is 26.2 Å². The summed E-state index contributed by atoms with van der Waals surface area (Å²) in [6.45, 7) is 1.70. The predicted octanol–water partition coefficient (Wildman–Crippen LogP) is 2.94. The van der Waals surface area contributed by atoms with Crippen LogP contribution in [0.4, 0.5) is 0 Å². The molecule has 0 radical (unpaired) electrons. The number of aromatic hydroxyl groups is 1. The number of rotatable bonds is 5. The molecule has 2 aromatic rings. The number of hydrogen-bond acceptors (Lipinski definition) is 4. The van der Waals surface area contributed by atoms with Gasteiger partial charge in [-0.3, -0.25) is 0 Å². The number of aromatic nitrogens is 1. The van der Waals surface area contributed by atoms with Crippen molar-refractivity contribution in [1.82, 2.24) is 10.3 Å². The molecule has 0 aliphatic rings. The van der Waals surface area contributed by atoms with E-state index in [-0.39, 0.29) is 5.75 Å². The van der Waals surface area contributed by atoms with Gasteiger partial charge in [0.05, 0.1) is 9.48 Å². The number of phenols is 1. The van der Waals surface area contributed by atoms with Crippen molar-refractivity contribution in [2.75, 3.05) is 6.54 Å². The number of thiazole rings is 1. The monoisotopic (exact) mass is 312 g/mol. The molecule has 2 N–H and O–H groups in total. The molecular formula is C12H13BrN2OS. The molecule has 0 amide bonds. The zero-order valence-corrected chi connectivity index (χ0v) is 11.6. The number of phenolic OH excluding ortho intramolecular Hbond substituents is 1. The lowest BCUT2D eigenvalue weighted by molar-refractivity contribution is 0.471. The number of nitrogens with one attached hydrogen (secondary N) is 1. The summed E-state index contributed by atoms with van der Waals surface area (Å²) in [5, 5.41) is 15.9. The maximum Gasteiger partial charge on any atom is 0.129 e. The maximum atomic E-state index is 9.37. The van der Waals surface area contributed by atoms with E-state index in [1.807, 2.05) is 23.7 Å². The molecule has 0 aliphatic carbocycles. The number of hydrogen-bond donors (Lipinski definition) is 2. The first-order valence-corrected chi connectivity index (χ1v) is 6.99. The van der Waals surface area contributed by atoms with Gasteiger partial charge in [0, 0.05) is 31.1 Å². The molecule has 17 heavy (non-hydrogen) atoms. The summed E-state index contributed by atoms with van der Waals surface area (Å²) in [5.41, 5.74) is 1.15. The third kappa shape index (κ3) is 3.80. The fourth-order valence-corrected chi connectivity index (χ4v) is 2.51. The summed E-state index contributed by atoms with van der Waals surface area (Å²) >= 11 is 4.98. The second-order valence-corrected chi connectivity index (χ2v) is 5.47. The van der Waals surface area contributed by atoms with E-state index in [1.54, 1.807) is 17.4 Å². The van der Waals surface area contributed by atoms with E-state index < -0.39 is 0 Å². The Morgan fingerprint density at radius 1 is 1.41 bits per heavy atom. The minimum atomic E-state index is 0.275. The molecule has 2 rings (SSSR count). The van der Waals surface area contributed by atoms with E-state index in [0.717, 1.165) is 34.6 Å². The standard InChI is InChI=1S/C12H13BrN2OS/c13-10-7-9(1-2-11(10)16)8-14-4-3-12-15-5-6-17-12/h1-2,5-7,14,16H,3-4,8H2. The predicted molar refractivity (Wildman–Crippen MR) is 73.3 cm³/mol. The fourth-order valence-electron chi connectivity index (χ4n) is 1.46. The first-order valence-electron chi connectivity index (χ1n) is 5.32. The summed E-state index contributed by atoms with van der Waals surface area (Å²) < 4.78 is 0.733. The lowest BCUT2D eigenvalue weighted by atomic mass is 10.2. The van der Waals surface area contributed by atoms with Crippen LogP contribution in [-0.2, 0) is 13.0 Å². The number of benzene rings is 1. The van der Waals surface area contributed by atoms with Crippen molar-refractivity contribution >= 4 is 27.3 Å². The fraction of sp³-hybridized carbons (Fsp3) is 0.250. The molecule has 0 spiro atoms. The van der Waals surface area contributed by atoms with Crippen LogP contribution in [0.1, 0.15) is 10.6 Å². The third-order valence-electron chi connectivity index (χ3n) is 2.34. The van der Waals surface area contributed by atoms with Crippen molar-refractivity contribution in [2.24, 2.45) is 0 Å². The maximum absolute atomic E-state index is 9.37. The van der Waals surface area contributed by atoms with Gasteiger partial charge in [0.25, 0.3) is 0 Å². The van der Waals surface area contributed by atoms with Gasteiger partial charge in [-0.2, -0.15) is 0 Å². The van der Waals surface area contributed by atoms with Gasteiger partial charge in [-0.1, -0.05) is 6.07 Å². The molecule has 5 heteroatoms. The minimum absolute atomic E-state index is 0.275. The molecule has 0 atom stereocenters. The molecule has 0 aliphatic heterocycles. The van der Waals surface area contributed by atoms with Crippen molar-refractivity contribution in [3.05, 3.63) is 44.8 Å². The van der Waals surface area contributed by atoms with Gasteiger partial charge >= 0.3 is 0 Å². The Hall–Kier alpha value is -0.910. The van der Waals surface area contributed by atoms with Crippen LogP contribution < -0.4 is 5.32 Å². The van der Waals surface area contributed by atoms with Gasteiger partial charge in [-0.15, -0.1) is 11.3 Å². The van der Waals surface area contributed by atoms with E-state index >= 15 is 0 Å². The SMILES string of the molecule is Oc1ccc(CNCCc2nccs2)cc1Br. The van der Waals surface area contributed by atoms with Crippen LogP contribution in [0.25, 0.3) is 0 Å². The van der Waals surface area contributed by atoms with Crippen molar-refractivity contribution in [3.63, 3.8) is 0 Å². The molecule has 1 heterocycles. The quantitative estimate of drug-likeness (QED) is 0.834. The Kier molecular flexibility index (Phi) is 4.53. The van der Waals surface area contributed by atoms with Gasteiger partial charge in [0.1, 0.15) is 5.75 Å². The average molecular weight is 313 g/mol. The highest BCUT2D eigenvalue weighted by Crippen LogP contribution is 2.24. The molecule has 1 aromatic carbocycles. The van der Waals surface area contributed by atoms with Crippen LogP contribution in [0.2, 0.25) is 0 Å². The highest BCUT2D eigenvalue weighted by atomic mass is 79.9. The first kappa shape index (κ1) is 12.5. The Balaban J connectivity index is 1.76. The van der Waals surface area contributed by atoms with E-state index in [0.29, 0.717) is 0 Å². The number of halogens is 1. The van der Waals surface area contributed by atoms with E-state index in [1.165, 1.54) is 0 Å². The minimum Gasteiger partial charge on any atom is -0.507 e. The van der Waals surface area contributed by atoms with Crippen molar-refractivity contribution in [1.29, 1.82) is 0 Å². The molecule has 0 saturated carbocycles. The van der Waals surface area contributed by atoms with Crippen molar-refractivity contribution in [2.45, 2.75) is 13.0 Å². The molecule has 90 valence electrons. The number of nitrogens with zero attached hydrogens (tertiary/aromatic N) is 1. The molecule has 0 saturated heterocycles. The molecular weight excluding hydrogens is 300 g/mol. The van der Waals surface area contributed by atoms with Gasteiger partial charge in [-0.25, -0.2) is 4.98 Å². The van der Waals surface area contributed by atoms with Crippen LogP contribution in [0, 0.1) is 0 Å². The van der Waals surface area contributed by atoms with Crippen LogP contribution in [0.5, 0.6) is 5.75 Å². The average Bonchev–Trinajstić information content (AvgIpc) is 2.82. The van der Waals surface area contributed by atoms with E-state index in [9.17, 15) is 5.11 Å². The smallest absolute Gasteiger partial charge is 0.129 e. The van der Waals surface area contributed by atoms with E-state index in [4.69, 9.17) is 0 Å². The van der Waals surface area contributed by atoms with Crippen molar-refractivity contribution < 1.29 is 5.11 Å². The molecule has 1 aromatic heterocycles. The second kappa shape index (κ2) is 6.14. The highest BCUT2D eigenvalue weighted by Gasteiger charge is 2.00. The summed E-state index contributed by atoms with van der Waals surface area (Å²) in [5.74, 6) is 0.275. The molecule has 3 nitrogen and oxygen atoms in total. The Labute approximate surface area is 113 Å². The summed E-state index contributed by atoms with van der Waals surface area (Å²) in [4.78, 5) is 4.22. The van der Waals surface area contributed by atoms with Crippen LogP contribution in [-0.4, -0.2) is 16.6 Å². The molecule has 0 bridgehead atoms. The zero-order chi connectivity index (χ0) is 12.1. The summed E-state index contributed by atoms with van der Waals surface area (Å²) in [6, 6.07) is 5.53. The normalized spacial score (nSPS) is 10.6. The van der Waals surface area contributed by atoms with Gasteiger partial charge in [0.2, 0.25) is 0 Å². The largest absolute Gasteiger partial charge is 0.507 e. The summed E-state index contributed by atoms with van der Waals surface area (Å²) in [6.07, 6.45) is 2.79. The Bertz CT molecular complexity index is 473. The lowest BCUT2D eigenvalue weighted by Gasteiger charge is -2.05. The van der Waals surface area contributed by atoms with Gasteiger partial charge < -0.3 is 10.4 Å². The summed E-state index contributed by atoms with van der Waals surface area (Å²) in [7, 11) is 0. The van der Waals surface area contributed by atoms with Gasteiger partial charge in [-0.05, 0) is 33.6 Å².